The molecule has 1 aromatic heterocycles. The lowest BCUT2D eigenvalue weighted by molar-refractivity contribution is -0.131. The molecule has 2 atom stereocenters. The Kier molecular flexibility index (Phi) is 9.08. The van der Waals surface area contributed by atoms with Gasteiger partial charge < -0.3 is 25.0 Å². The number of hydrogen-bond acceptors (Lipinski definition) is 7. The third-order valence-corrected chi connectivity index (χ3v) is 7.72. The molecule has 0 bridgehead atoms. The Morgan fingerprint density at radius 1 is 1.12 bits per heavy atom. The van der Waals surface area contributed by atoms with Crippen molar-refractivity contribution in [3.8, 4) is 0 Å². The number of aromatic amines is 1. The van der Waals surface area contributed by atoms with Crippen molar-refractivity contribution in [1.82, 2.24) is 19.7 Å². The largest absolute Gasteiger partial charge is 0.367 e. The van der Waals surface area contributed by atoms with Gasteiger partial charge in [-0.1, -0.05) is 15.0 Å². The van der Waals surface area contributed by atoms with Gasteiger partial charge in [-0.2, -0.15) is 0 Å². The van der Waals surface area contributed by atoms with E-state index in [2.05, 4.69) is 15.2 Å². The van der Waals surface area contributed by atoms with E-state index in [1.165, 1.54) is 12.1 Å². The van der Waals surface area contributed by atoms with Crippen LogP contribution in [0.4, 0.5) is 30.4 Å². The van der Waals surface area contributed by atoms with Crippen LogP contribution in [0.1, 0.15) is 36.2 Å². The summed E-state index contributed by atoms with van der Waals surface area (Å²) in [5.74, 6) is -1.40. The van der Waals surface area contributed by atoms with Crippen LogP contribution < -0.4 is 21.1 Å². The second-order valence-corrected chi connectivity index (χ2v) is 11.0. The predicted octanol–water partition coefficient (Wildman–Crippen LogP) is 3.05. The van der Waals surface area contributed by atoms with E-state index in [0.717, 1.165) is 6.20 Å². The molecule has 2 amide bonds. The summed E-state index contributed by atoms with van der Waals surface area (Å²) in [7, 11) is 5.64. The van der Waals surface area contributed by atoms with Gasteiger partial charge in [-0.3, -0.25) is 19.3 Å². The van der Waals surface area contributed by atoms with Gasteiger partial charge in [0.15, 0.2) is 0 Å². The maximum Gasteiger partial charge on any atom is 0.259 e. The number of benzene rings is 1. The van der Waals surface area contributed by atoms with Crippen LogP contribution in [-0.2, 0) is 4.79 Å². The zero-order valence-electron chi connectivity index (χ0n) is 23.9. The third kappa shape index (κ3) is 6.73. The summed E-state index contributed by atoms with van der Waals surface area (Å²) in [6.45, 7) is 6.21. The number of anilines is 3. The number of nitrogens with one attached hydrogen (secondary N) is 2. The Balaban J connectivity index is 1.71. The fourth-order valence-corrected chi connectivity index (χ4v) is 5.25. The van der Waals surface area contributed by atoms with Crippen LogP contribution in [0, 0.1) is 5.82 Å². The summed E-state index contributed by atoms with van der Waals surface area (Å²) in [6, 6.07) is 3.78. The standard InChI is InChI=1S/C28H36F3N7O3/c1-17-14-37(15-18(2)35(17)5)25-11-22(29)20(19-6-8-36(9-7-19)27(40)16-34(3)4)10-23(25)33-28(41)21-13-32-26(39)12-24(21)38(30)31/h6,10-13,17-18H,7-9,14-16H2,1-5H3,(H,32,39)(H,33,41). The minimum absolute atomic E-state index is 0.0288. The lowest BCUT2D eigenvalue weighted by atomic mass is 9.96. The van der Waals surface area contributed by atoms with Crippen LogP contribution in [0.25, 0.3) is 5.57 Å². The van der Waals surface area contributed by atoms with E-state index in [0.29, 0.717) is 49.9 Å². The molecule has 0 spiro atoms. The summed E-state index contributed by atoms with van der Waals surface area (Å²) >= 11 is 0. The van der Waals surface area contributed by atoms with Crippen molar-refractivity contribution in [1.29, 1.82) is 0 Å². The van der Waals surface area contributed by atoms with Crippen LogP contribution >= 0.6 is 0 Å². The molecule has 2 N–H and O–H groups in total. The number of carbonyl (C=O) groups is 2. The maximum absolute atomic E-state index is 15.7. The van der Waals surface area contributed by atoms with E-state index < -0.39 is 33.9 Å². The molecule has 1 saturated heterocycles. The van der Waals surface area contributed by atoms with Gasteiger partial charge in [-0.05, 0) is 64.5 Å². The van der Waals surface area contributed by atoms with Crippen LogP contribution in [0.5, 0.6) is 0 Å². The van der Waals surface area contributed by atoms with Gasteiger partial charge in [0.25, 0.3) is 5.91 Å². The summed E-state index contributed by atoms with van der Waals surface area (Å²) in [4.78, 5) is 47.3. The number of likely N-dealkylation sites (N-methyl/N-ethyl adjacent to an activating group) is 2. The number of carbonyl (C=O) groups excluding carboxylic acids is 2. The number of rotatable bonds is 7. The van der Waals surface area contributed by atoms with Gasteiger partial charge >= 0.3 is 0 Å². The summed E-state index contributed by atoms with van der Waals surface area (Å²) in [6.07, 6.45) is 3.13. The first-order valence-electron chi connectivity index (χ1n) is 13.4. The molecule has 2 unspecified atom stereocenters. The van der Waals surface area contributed by atoms with E-state index in [1.807, 2.05) is 39.9 Å². The summed E-state index contributed by atoms with van der Waals surface area (Å²) in [5.41, 5.74) is -0.463. The van der Waals surface area contributed by atoms with E-state index in [4.69, 9.17) is 0 Å². The minimum Gasteiger partial charge on any atom is -0.367 e. The minimum atomic E-state index is -1.29. The molecule has 10 nitrogen and oxygen atoms in total. The van der Waals surface area contributed by atoms with Crippen LogP contribution in [0.2, 0.25) is 0 Å². The van der Waals surface area contributed by atoms with E-state index in [-0.39, 0.29) is 35.8 Å². The normalized spacial score (nSPS) is 19.8. The van der Waals surface area contributed by atoms with Gasteiger partial charge in [-0.25, -0.2) is 4.39 Å². The Morgan fingerprint density at radius 3 is 2.39 bits per heavy atom. The number of halogens is 3. The van der Waals surface area contributed by atoms with Crippen molar-refractivity contribution in [2.75, 3.05) is 69.4 Å². The molecule has 0 radical (unpaired) electrons. The highest BCUT2D eigenvalue weighted by molar-refractivity contribution is 6.09. The molecule has 3 heterocycles. The Hall–Kier alpha value is -3.84. The Bertz CT molecular complexity index is 1380. The number of H-pyrrole nitrogens is 1. The molecular weight excluding hydrogens is 539 g/mol. The van der Waals surface area contributed by atoms with E-state index in [1.54, 1.807) is 15.9 Å². The quantitative estimate of drug-likeness (QED) is 0.490. The molecule has 13 heteroatoms. The average molecular weight is 576 g/mol. The van der Waals surface area contributed by atoms with E-state index in [9.17, 15) is 23.3 Å². The third-order valence-electron chi connectivity index (χ3n) is 7.72. The Morgan fingerprint density at radius 2 is 1.80 bits per heavy atom. The number of pyridine rings is 1. The molecule has 4 rings (SSSR count). The Labute approximate surface area is 236 Å². The number of hydrogen-bond donors (Lipinski definition) is 2. The first-order chi connectivity index (χ1) is 19.3. The van der Waals surface area contributed by atoms with Crippen LogP contribution in [-0.4, -0.2) is 97.4 Å². The predicted molar refractivity (Wildman–Crippen MR) is 153 cm³/mol. The molecular formula is C28H36F3N7O3. The number of aromatic nitrogens is 1. The molecule has 41 heavy (non-hydrogen) atoms. The topological polar surface area (TPSA) is 95.2 Å². The monoisotopic (exact) mass is 575 g/mol. The highest BCUT2D eigenvalue weighted by Gasteiger charge is 2.30. The first kappa shape index (κ1) is 30.1. The zero-order chi connectivity index (χ0) is 30.0. The molecule has 0 aliphatic carbocycles. The molecule has 222 valence electrons. The first-order valence-corrected chi connectivity index (χ1v) is 13.4. The molecule has 1 fully saturated rings. The fraction of sp³-hybridized carbons (Fsp3) is 0.464. The molecule has 1 aromatic carbocycles. The van der Waals surface area contributed by atoms with Gasteiger partial charge in [-0.15, -0.1) is 0 Å². The van der Waals surface area contributed by atoms with Gasteiger partial charge in [0.2, 0.25) is 11.5 Å². The van der Waals surface area contributed by atoms with E-state index >= 15 is 4.39 Å². The van der Waals surface area contributed by atoms with Gasteiger partial charge in [0, 0.05) is 56.1 Å². The zero-order valence-corrected chi connectivity index (χ0v) is 23.9. The number of nitrogens with zero attached hydrogens (tertiary/aromatic N) is 5. The number of amides is 2. The average Bonchev–Trinajstić information content (AvgIpc) is 2.91. The summed E-state index contributed by atoms with van der Waals surface area (Å²) < 4.78 is 42.8. The van der Waals surface area contributed by atoms with Crippen LogP contribution in [0.3, 0.4) is 0 Å². The highest BCUT2D eigenvalue weighted by atomic mass is 19.4. The van der Waals surface area contributed by atoms with Crippen molar-refractivity contribution in [2.24, 2.45) is 0 Å². The molecule has 2 aliphatic rings. The highest BCUT2D eigenvalue weighted by Crippen LogP contribution is 2.36. The molecule has 2 aliphatic heterocycles. The molecule has 0 saturated carbocycles. The summed E-state index contributed by atoms with van der Waals surface area (Å²) in [5, 5.41) is 1.40. The number of piperazine rings is 1. The second kappa shape index (κ2) is 12.4. The van der Waals surface area contributed by atoms with Crippen molar-refractivity contribution >= 4 is 34.4 Å². The SMILES string of the molecule is CC1CN(c2cc(F)c(C3=CCN(C(=O)CN(C)C)CC3)cc2NC(=O)c2c[nH]c(=O)cc2N(F)F)CC(C)N1C. The van der Waals surface area contributed by atoms with Gasteiger partial charge in [0.1, 0.15) is 11.5 Å². The van der Waals surface area contributed by atoms with Crippen LogP contribution in [0.15, 0.2) is 35.3 Å². The molecule has 2 aromatic rings. The maximum atomic E-state index is 15.7. The van der Waals surface area contributed by atoms with Crippen molar-refractivity contribution in [2.45, 2.75) is 32.4 Å². The van der Waals surface area contributed by atoms with Crippen molar-refractivity contribution in [3.63, 3.8) is 0 Å². The fourth-order valence-electron chi connectivity index (χ4n) is 5.25. The lowest BCUT2D eigenvalue weighted by Crippen LogP contribution is -2.55. The lowest BCUT2D eigenvalue weighted by Gasteiger charge is -2.44. The smallest absolute Gasteiger partial charge is 0.259 e. The van der Waals surface area contributed by atoms with Crippen molar-refractivity contribution in [3.05, 3.63) is 57.8 Å². The van der Waals surface area contributed by atoms with Crippen molar-refractivity contribution < 1.29 is 22.9 Å². The second-order valence-electron chi connectivity index (χ2n) is 11.0. The van der Waals surface area contributed by atoms with Gasteiger partial charge in [0.05, 0.1) is 23.5 Å².